The van der Waals surface area contributed by atoms with Gasteiger partial charge < -0.3 is 10.4 Å². The number of aromatic nitrogens is 2. The number of amides is 1. The van der Waals surface area contributed by atoms with Gasteiger partial charge in [0.25, 0.3) is 5.91 Å². The summed E-state index contributed by atoms with van der Waals surface area (Å²) in [6, 6.07) is 33.6. The summed E-state index contributed by atoms with van der Waals surface area (Å²) in [7, 11) is 0. The van der Waals surface area contributed by atoms with Gasteiger partial charge in [0.15, 0.2) is 0 Å². The number of hydrogen-bond acceptors (Lipinski definition) is 3. The van der Waals surface area contributed by atoms with Gasteiger partial charge in [0.05, 0.1) is 24.4 Å². The maximum Gasteiger partial charge on any atom is 0.307 e. The molecule has 0 aliphatic heterocycles. The quantitative estimate of drug-likeness (QED) is 0.235. The van der Waals surface area contributed by atoms with Crippen LogP contribution in [0.25, 0.3) is 22.5 Å². The van der Waals surface area contributed by atoms with Crippen molar-refractivity contribution in [3.8, 4) is 22.5 Å². The molecule has 5 aromatic rings. The molecular formula is C31H24ClN3O3. The molecule has 0 radical (unpaired) electrons. The van der Waals surface area contributed by atoms with Gasteiger partial charge in [0.1, 0.15) is 0 Å². The Morgan fingerprint density at radius 3 is 2.00 bits per heavy atom. The first-order chi connectivity index (χ1) is 18.5. The molecule has 4 aromatic carbocycles. The largest absolute Gasteiger partial charge is 0.481 e. The van der Waals surface area contributed by atoms with E-state index in [-0.39, 0.29) is 12.3 Å². The maximum atomic E-state index is 12.5. The van der Waals surface area contributed by atoms with Gasteiger partial charge in [-0.3, -0.25) is 14.3 Å². The van der Waals surface area contributed by atoms with Crippen LogP contribution in [-0.4, -0.2) is 26.8 Å². The van der Waals surface area contributed by atoms with Crippen molar-refractivity contribution < 1.29 is 14.7 Å². The zero-order valence-electron chi connectivity index (χ0n) is 20.3. The summed E-state index contributed by atoms with van der Waals surface area (Å²) in [5.41, 5.74) is 5.98. The fourth-order valence-electron chi connectivity index (χ4n) is 4.35. The smallest absolute Gasteiger partial charge is 0.307 e. The van der Waals surface area contributed by atoms with Crippen molar-refractivity contribution in [2.75, 3.05) is 5.32 Å². The number of aliphatic carboxylic acids is 1. The summed E-state index contributed by atoms with van der Waals surface area (Å²) in [6.45, 7) is 0.426. The summed E-state index contributed by atoms with van der Waals surface area (Å²) in [5, 5.41) is 18.1. The van der Waals surface area contributed by atoms with Crippen molar-refractivity contribution in [1.82, 2.24) is 9.78 Å². The second-order valence-corrected chi connectivity index (χ2v) is 9.23. The van der Waals surface area contributed by atoms with Gasteiger partial charge in [-0.05, 0) is 42.0 Å². The zero-order chi connectivity index (χ0) is 26.5. The highest BCUT2D eigenvalue weighted by Crippen LogP contribution is 2.33. The third kappa shape index (κ3) is 5.66. The van der Waals surface area contributed by atoms with Gasteiger partial charge in [-0.2, -0.15) is 5.10 Å². The number of nitrogens with one attached hydrogen (secondary N) is 1. The normalized spacial score (nSPS) is 10.8. The molecule has 7 heteroatoms. The number of benzene rings is 4. The average molecular weight is 522 g/mol. The van der Waals surface area contributed by atoms with Gasteiger partial charge in [0, 0.05) is 33.0 Å². The SMILES string of the molecule is O=C(O)Cc1c(-c2ccccc2)nn(Cc2ccc(NC(=O)c3ccc(Cl)cc3)cc2)c1-c1ccccc1. The average Bonchev–Trinajstić information content (AvgIpc) is 3.27. The molecule has 6 nitrogen and oxygen atoms in total. The zero-order valence-corrected chi connectivity index (χ0v) is 21.1. The van der Waals surface area contributed by atoms with Crippen LogP contribution < -0.4 is 5.32 Å². The second-order valence-electron chi connectivity index (χ2n) is 8.79. The summed E-state index contributed by atoms with van der Waals surface area (Å²) in [6.07, 6.45) is -0.149. The van der Waals surface area contributed by atoms with Crippen LogP contribution in [0.5, 0.6) is 0 Å². The number of carboxylic acids is 1. The number of rotatable bonds is 8. The van der Waals surface area contributed by atoms with E-state index in [1.165, 1.54) is 0 Å². The second kappa shape index (κ2) is 11.2. The van der Waals surface area contributed by atoms with Crippen LogP contribution in [0.1, 0.15) is 21.5 Å². The Hall–Kier alpha value is -4.68. The van der Waals surface area contributed by atoms with Crippen molar-refractivity contribution in [1.29, 1.82) is 0 Å². The van der Waals surface area contributed by atoms with Crippen LogP contribution in [0.3, 0.4) is 0 Å². The van der Waals surface area contributed by atoms with Crippen molar-refractivity contribution in [3.63, 3.8) is 0 Å². The van der Waals surface area contributed by atoms with Crippen LogP contribution >= 0.6 is 11.6 Å². The number of carboxylic acid groups (broad SMARTS) is 1. The van der Waals surface area contributed by atoms with Crippen molar-refractivity contribution in [3.05, 3.63) is 131 Å². The summed E-state index contributed by atoms with van der Waals surface area (Å²) < 4.78 is 1.86. The van der Waals surface area contributed by atoms with Gasteiger partial charge in [-0.25, -0.2) is 0 Å². The molecule has 188 valence electrons. The molecule has 0 unspecified atom stereocenters. The minimum atomic E-state index is -0.917. The number of halogens is 1. The van der Waals surface area contributed by atoms with Gasteiger partial charge >= 0.3 is 5.97 Å². The van der Waals surface area contributed by atoms with Gasteiger partial charge in [0.2, 0.25) is 0 Å². The molecule has 5 rings (SSSR count). The molecule has 0 bridgehead atoms. The van der Waals surface area contributed by atoms with Gasteiger partial charge in [-0.15, -0.1) is 0 Å². The molecule has 2 N–H and O–H groups in total. The summed E-state index contributed by atoms with van der Waals surface area (Å²) in [4.78, 5) is 24.4. The van der Waals surface area contributed by atoms with Crippen LogP contribution in [0.15, 0.2) is 109 Å². The van der Waals surface area contributed by atoms with Crippen molar-refractivity contribution in [2.45, 2.75) is 13.0 Å². The molecule has 0 atom stereocenters. The number of nitrogens with zero attached hydrogens (tertiary/aromatic N) is 2. The van der Waals surface area contributed by atoms with Gasteiger partial charge in [-0.1, -0.05) is 84.4 Å². The Labute approximate surface area is 225 Å². The van der Waals surface area contributed by atoms with E-state index in [0.29, 0.717) is 34.1 Å². The first-order valence-electron chi connectivity index (χ1n) is 12.1. The lowest BCUT2D eigenvalue weighted by Crippen LogP contribution is -2.11. The van der Waals surface area contributed by atoms with E-state index in [9.17, 15) is 14.7 Å². The Morgan fingerprint density at radius 2 is 1.39 bits per heavy atom. The van der Waals surface area contributed by atoms with E-state index in [1.54, 1.807) is 24.3 Å². The predicted octanol–water partition coefficient (Wildman–Crippen LogP) is 6.80. The molecule has 1 aromatic heterocycles. The summed E-state index contributed by atoms with van der Waals surface area (Å²) >= 11 is 5.91. The van der Waals surface area contributed by atoms with Crippen LogP contribution in [0.2, 0.25) is 5.02 Å². The highest BCUT2D eigenvalue weighted by Gasteiger charge is 2.22. The van der Waals surface area contributed by atoms with E-state index in [1.807, 2.05) is 89.6 Å². The fraction of sp³-hybridized carbons (Fsp3) is 0.0645. The minimum absolute atomic E-state index is 0.149. The Balaban J connectivity index is 1.47. The van der Waals surface area contributed by atoms with E-state index in [0.717, 1.165) is 22.4 Å². The van der Waals surface area contributed by atoms with Crippen molar-refractivity contribution in [2.24, 2.45) is 0 Å². The number of anilines is 1. The van der Waals surface area contributed by atoms with Crippen LogP contribution in [0, 0.1) is 0 Å². The Kier molecular flexibility index (Phi) is 7.33. The lowest BCUT2D eigenvalue weighted by molar-refractivity contribution is -0.136. The summed E-state index contributed by atoms with van der Waals surface area (Å²) in [5.74, 6) is -1.14. The third-order valence-corrected chi connectivity index (χ3v) is 6.38. The fourth-order valence-corrected chi connectivity index (χ4v) is 4.48. The molecule has 0 fully saturated rings. The topological polar surface area (TPSA) is 84.2 Å². The third-order valence-electron chi connectivity index (χ3n) is 6.12. The standard InChI is InChI=1S/C31H24ClN3O3/c32-25-15-13-24(14-16-25)31(38)33-26-17-11-21(12-18-26)20-35-30(23-9-5-2-6-10-23)27(19-28(36)37)29(34-35)22-7-3-1-4-8-22/h1-18H,19-20H2,(H,33,38)(H,36,37). The Morgan fingerprint density at radius 1 is 0.789 bits per heavy atom. The lowest BCUT2D eigenvalue weighted by atomic mass is 9.99. The number of hydrogen-bond donors (Lipinski definition) is 2. The molecule has 0 spiro atoms. The first kappa shape index (κ1) is 25.0. The van der Waals surface area contributed by atoms with Crippen molar-refractivity contribution >= 4 is 29.2 Å². The monoisotopic (exact) mass is 521 g/mol. The molecule has 0 aliphatic carbocycles. The molecule has 0 saturated carbocycles. The molecule has 0 aliphatic rings. The van der Waals surface area contributed by atoms with E-state index in [4.69, 9.17) is 16.7 Å². The number of carbonyl (C=O) groups excluding carboxylic acids is 1. The highest BCUT2D eigenvalue weighted by molar-refractivity contribution is 6.30. The number of carbonyl (C=O) groups is 2. The Bertz CT molecular complexity index is 1560. The van der Waals surface area contributed by atoms with Crippen LogP contribution in [-0.2, 0) is 17.8 Å². The van der Waals surface area contributed by atoms with E-state index in [2.05, 4.69) is 5.32 Å². The maximum absolute atomic E-state index is 12.5. The predicted molar refractivity (Wildman–Crippen MR) is 149 cm³/mol. The first-order valence-corrected chi connectivity index (χ1v) is 12.4. The molecule has 38 heavy (non-hydrogen) atoms. The molecule has 0 saturated heterocycles. The van der Waals surface area contributed by atoms with Crippen LogP contribution in [0.4, 0.5) is 5.69 Å². The molecule has 1 amide bonds. The highest BCUT2D eigenvalue weighted by atomic mass is 35.5. The molecular weight excluding hydrogens is 498 g/mol. The van der Waals surface area contributed by atoms with E-state index < -0.39 is 5.97 Å². The minimum Gasteiger partial charge on any atom is -0.481 e. The van der Waals surface area contributed by atoms with E-state index >= 15 is 0 Å². The lowest BCUT2D eigenvalue weighted by Gasteiger charge is -2.11. The molecule has 1 heterocycles.